The number of hydrogen-bond donors (Lipinski definition) is 0. The van der Waals surface area contributed by atoms with Crippen LogP contribution in [-0.4, -0.2) is 41.8 Å². The molecule has 0 bridgehead atoms. The SMILES string of the molecule is CCC1CC(Cc2ccc(F)cc2)CN1C(=O)OC(C)(C)C.O=S(=O)=O. The largest absolute Gasteiger partial charge is 0.444 e. The van der Waals surface area contributed by atoms with Gasteiger partial charge in [0.2, 0.25) is 0 Å². The molecule has 1 aromatic carbocycles. The van der Waals surface area contributed by atoms with Gasteiger partial charge in [-0.25, -0.2) is 9.18 Å². The fraction of sp³-hybridized carbons (Fsp3) is 0.611. The first-order valence-corrected chi connectivity index (χ1v) is 9.52. The minimum atomic E-state index is -3.11. The quantitative estimate of drug-likeness (QED) is 0.794. The topological polar surface area (TPSA) is 80.8 Å². The lowest BCUT2D eigenvalue weighted by molar-refractivity contribution is 0.0218. The Morgan fingerprint density at radius 1 is 1.23 bits per heavy atom. The lowest BCUT2D eigenvalue weighted by Gasteiger charge is -2.28. The number of hydrogen-bond acceptors (Lipinski definition) is 5. The molecule has 0 aromatic heterocycles. The molecular weight excluding hydrogens is 361 g/mol. The molecule has 1 heterocycles. The third-order valence-electron chi connectivity index (χ3n) is 4.04. The predicted molar refractivity (Wildman–Crippen MR) is 94.9 cm³/mol. The molecular formula is C18H26FNO5S. The number of likely N-dealkylation sites (tertiary alicyclic amines) is 1. The minimum absolute atomic E-state index is 0.211. The van der Waals surface area contributed by atoms with Crippen LogP contribution in [-0.2, 0) is 21.8 Å². The molecule has 26 heavy (non-hydrogen) atoms. The van der Waals surface area contributed by atoms with Crippen molar-refractivity contribution >= 4 is 16.7 Å². The summed E-state index contributed by atoms with van der Waals surface area (Å²) >= 11 is 0. The van der Waals surface area contributed by atoms with Crippen LogP contribution < -0.4 is 0 Å². The number of carbonyl (C=O) groups is 1. The smallest absolute Gasteiger partial charge is 0.425 e. The van der Waals surface area contributed by atoms with Crippen molar-refractivity contribution < 1.29 is 26.5 Å². The van der Waals surface area contributed by atoms with Crippen LogP contribution in [0.4, 0.5) is 9.18 Å². The van der Waals surface area contributed by atoms with Crippen molar-refractivity contribution in [1.29, 1.82) is 0 Å². The molecule has 0 radical (unpaired) electrons. The van der Waals surface area contributed by atoms with Crippen LogP contribution in [0.25, 0.3) is 0 Å². The molecule has 0 saturated carbocycles. The summed E-state index contributed by atoms with van der Waals surface area (Å²) in [6.45, 7) is 8.47. The van der Waals surface area contributed by atoms with Crippen molar-refractivity contribution in [2.24, 2.45) is 5.92 Å². The number of benzene rings is 1. The summed E-state index contributed by atoms with van der Waals surface area (Å²) in [6.07, 6.45) is 2.56. The maximum absolute atomic E-state index is 13.0. The van der Waals surface area contributed by atoms with Crippen LogP contribution in [0.1, 0.15) is 46.1 Å². The molecule has 2 rings (SSSR count). The molecule has 1 aliphatic rings. The van der Waals surface area contributed by atoms with Crippen molar-refractivity contribution in [2.45, 2.75) is 58.6 Å². The summed E-state index contributed by atoms with van der Waals surface area (Å²) in [6, 6.07) is 6.87. The molecule has 2 atom stereocenters. The van der Waals surface area contributed by atoms with E-state index in [2.05, 4.69) is 6.92 Å². The zero-order valence-electron chi connectivity index (χ0n) is 15.6. The van der Waals surface area contributed by atoms with Crippen molar-refractivity contribution in [1.82, 2.24) is 4.90 Å². The van der Waals surface area contributed by atoms with Gasteiger partial charge in [0.05, 0.1) is 0 Å². The number of ether oxygens (including phenoxy) is 1. The highest BCUT2D eigenvalue weighted by atomic mass is 32.2. The summed E-state index contributed by atoms with van der Waals surface area (Å²) in [5, 5.41) is 0. The summed E-state index contributed by atoms with van der Waals surface area (Å²) in [7, 11) is -3.11. The molecule has 1 fully saturated rings. The number of halogens is 1. The van der Waals surface area contributed by atoms with Gasteiger partial charge >= 0.3 is 16.7 Å². The van der Waals surface area contributed by atoms with Crippen molar-refractivity contribution in [3.05, 3.63) is 35.6 Å². The Bertz CT molecular complexity index is 690. The number of nitrogens with zero attached hydrogens (tertiary/aromatic N) is 1. The summed E-state index contributed by atoms with van der Waals surface area (Å²) < 4.78 is 43.8. The van der Waals surface area contributed by atoms with Gasteiger partial charge < -0.3 is 9.64 Å². The molecule has 1 aliphatic heterocycles. The fourth-order valence-corrected chi connectivity index (χ4v) is 3.05. The van der Waals surface area contributed by atoms with E-state index in [1.807, 2.05) is 37.8 Å². The van der Waals surface area contributed by atoms with E-state index in [9.17, 15) is 9.18 Å². The highest BCUT2D eigenvalue weighted by Gasteiger charge is 2.36. The Balaban J connectivity index is 0.000000765. The molecule has 2 unspecified atom stereocenters. The van der Waals surface area contributed by atoms with Gasteiger partial charge in [0, 0.05) is 12.6 Å². The first-order chi connectivity index (χ1) is 12.0. The monoisotopic (exact) mass is 387 g/mol. The van der Waals surface area contributed by atoms with Crippen LogP contribution in [0, 0.1) is 11.7 Å². The molecule has 1 amide bonds. The number of rotatable bonds is 3. The first-order valence-electron chi connectivity index (χ1n) is 8.52. The van der Waals surface area contributed by atoms with Crippen molar-refractivity contribution in [3.63, 3.8) is 0 Å². The van der Waals surface area contributed by atoms with Gasteiger partial charge in [-0.15, -0.1) is 12.6 Å². The van der Waals surface area contributed by atoms with Gasteiger partial charge in [0.1, 0.15) is 11.4 Å². The third kappa shape index (κ3) is 7.95. The summed E-state index contributed by atoms with van der Waals surface area (Å²) in [4.78, 5) is 14.2. The Morgan fingerprint density at radius 3 is 2.23 bits per heavy atom. The lowest BCUT2D eigenvalue weighted by atomic mass is 9.96. The van der Waals surface area contributed by atoms with Crippen LogP contribution in [0.3, 0.4) is 0 Å². The Kier molecular flexibility index (Phi) is 8.20. The number of carbonyl (C=O) groups excluding carboxylic acids is 1. The predicted octanol–water partition coefficient (Wildman–Crippen LogP) is 3.40. The van der Waals surface area contributed by atoms with Crippen LogP contribution in [0.15, 0.2) is 24.3 Å². The molecule has 146 valence electrons. The maximum atomic E-state index is 13.0. The average Bonchev–Trinajstić information content (AvgIpc) is 2.90. The van der Waals surface area contributed by atoms with Crippen LogP contribution >= 0.6 is 0 Å². The van der Waals surface area contributed by atoms with Gasteiger partial charge in [-0.3, -0.25) is 0 Å². The van der Waals surface area contributed by atoms with Gasteiger partial charge in [-0.1, -0.05) is 19.1 Å². The molecule has 6 nitrogen and oxygen atoms in total. The second kappa shape index (κ2) is 9.66. The lowest BCUT2D eigenvalue weighted by Crippen LogP contribution is -2.39. The molecule has 0 N–H and O–H groups in total. The standard InChI is InChI=1S/C18H26FNO2.O3S/c1-5-16-11-14(10-13-6-8-15(19)9-7-13)12-20(16)17(21)22-18(2,3)4;1-4(2)3/h6-9,14,16H,5,10-12H2,1-4H3;. The Labute approximate surface area is 155 Å². The highest BCUT2D eigenvalue weighted by Crippen LogP contribution is 2.29. The second-order valence-corrected chi connectivity index (χ2v) is 7.74. The zero-order chi connectivity index (χ0) is 19.9. The van der Waals surface area contributed by atoms with Crippen molar-refractivity contribution in [2.75, 3.05) is 6.54 Å². The van der Waals surface area contributed by atoms with E-state index in [0.717, 1.165) is 24.8 Å². The van der Waals surface area contributed by atoms with Gasteiger partial charge in [-0.2, -0.15) is 0 Å². The van der Waals surface area contributed by atoms with Gasteiger partial charge in [-0.05, 0) is 63.6 Å². The minimum Gasteiger partial charge on any atom is -0.444 e. The first kappa shape index (κ1) is 22.1. The van der Waals surface area contributed by atoms with Gasteiger partial charge in [0.25, 0.3) is 0 Å². The molecule has 0 aliphatic carbocycles. The normalized spacial score (nSPS) is 19.5. The summed E-state index contributed by atoms with van der Waals surface area (Å²) in [5.41, 5.74) is 0.650. The average molecular weight is 387 g/mol. The number of amides is 1. The van der Waals surface area contributed by atoms with E-state index in [1.165, 1.54) is 12.1 Å². The molecule has 1 saturated heterocycles. The molecule has 8 heteroatoms. The van der Waals surface area contributed by atoms with Gasteiger partial charge in [0.15, 0.2) is 0 Å². The molecule has 1 aromatic rings. The maximum Gasteiger partial charge on any atom is 0.425 e. The zero-order valence-corrected chi connectivity index (χ0v) is 16.4. The Hall–Kier alpha value is -1.96. The third-order valence-corrected chi connectivity index (χ3v) is 4.04. The van der Waals surface area contributed by atoms with Crippen LogP contribution in [0.2, 0.25) is 0 Å². The van der Waals surface area contributed by atoms with E-state index in [-0.39, 0.29) is 18.0 Å². The highest BCUT2D eigenvalue weighted by molar-refractivity contribution is 7.59. The van der Waals surface area contributed by atoms with E-state index in [0.29, 0.717) is 12.5 Å². The summed E-state index contributed by atoms with van der Waals surface area (Å²) in [5.74, 6) is 0.194. The second-order valence-electron chi connectivity index (χ2n) is 7.33. The van der Waals surface area contributed by atoms with E-state index < -0.39 is 16.2 Å². The fourth-order valence-electron chi connectivity index (χ4n) is 3.05. The molecule has 0 spiro atoms. The van der Waals surface area contributed by atoms with E-state index >= 15 is 0 Å². The van der Waals surface area contributed by atoms with Crippen LogP contribution in [0.5, 0.6) is 0 Å². The Morgan fingerprint density at radius 2 is 1.77 bits per heavy atom. The van der Waals surface area contributed by atoms with E-state index in [4.69, 9.17) is 17.4 Å². The van der Waals surface area contributed by atoms with Crippen molar-refractivity contribution in [3.8, 4) is 0 Å². The van der Waals surface area contributed by atoms with E-state index in [1.54, 1.807) is 0 Å².